The molecule has 0 atom stereocenters. The number of hydrogen-bond donors (Lipinski definition) is 1. The third kappa shape index (κ3) is 2.78. The molecule has 0 saturated heterocycles. The van der Waals surface area contributed by atoms with Crippen LogP contribution in [0.25, 0.3) is 0 Å². The van der Waals surface area contributed by atoms with Gasteiger partial charge in [0.2, 0.25) is 0 Å². The smallest absolute Gasteiger partial charge is 0.265 e. The summed E-state index contributed by atoms with van der Waals surface area (Å²) >= 11 is 1.27. The Kier molecular flexibility index (Phi) is 3.90. The summed E-state index contributed by atoms with van der Waals surface area (Å²) in [6.45, 7) is 1.95. The monoisotopic (exact) mass is 285 g/mol. The van der Waals surface area contributed by atoms with E-state index < -0.39 is 23.4 Å². The highest BCUT2D eigenvalue weighted by Crippen LogP contribution is 2.22. The lowest BCUT2D eigenvalue weighted by molar-refractivity contribution is 0.103. The fourth-order valence-corrected chi connectivity index (χ4v) is 2.34. The Morgan fingerprint density at radius 1 is 1.16 bits per heavy atom. The molecule has 1 heterocycles. The molecule has 0 aliphatic heterocycles. The lowest BCUT2D eigenvalue weighted by Gasteiger charge is -2.05. The van der Waals surface area contributed by atoms with Crippen molar-refractivity contribution in [3.8, 4) is 0 Å². The molecule has 0 spiro atoms. The van der Waals surface area contributed by atoms with Gasteiger partial charge in [-0.25, -0.2) is 13.2 Å². The number of thiophene rings is 1. The van der Waals surface area contributed by atoms with E-state index in [9.17, 15) is 18.0 Å². The van der Waals surface area contributed by atoms with Crippen molar-refractivity contribution >= 4 is 22.9 Å². The van der Waals surface area contributed by atoms with Gasteiger partial charge in [0, 0.05) is 4.88 Å². The average Bonchev–Trinajstić information content (AvgIpc) is 2.88. The van der Waals surface area contributed by atoms with Crippen LogP contribution in [-0.4, -0.2) is 5.91 Å². The van der Waals surface area contributed by atoms with Crippen LogP contribution in [0.15, 0.2) is 24.3 Å². The van der Waals surface area contributed by atoms with Gasteiger partial charge in [-0.05, 0) is 30.7 Å². The Morgan fingerprint density at radius 2 is 1.89 bits per heavy atom. The molecule has 6 heteroatoms. The van der Waals surface area contributed by atoms with Crippen molar-refractivity contribution in [3.63, 3.8) is 0 Å². The molecule has 1 N–H and O–H groups in total. The molecular weight excluding hydrogens is 275 g/mol. The molecule has 1 amide bonds. The van der Waals surface area contributed by atoms with Crippen molar-refractivity contribution in [2.24, 2.45) is 0 Å². The minimum atomic E-state index is -1.60. The SMILES string of the molecule is CCc1ccc(C(=O)Nc2ccc(F)c(F)c2F)s1. The number of nitrogens with one attached hydrogen (secondary N) is 1. The Labute approximate surface area is 111 Å². The van der Waals surface area contributed by atoms with Gasteiger partial charge in [0.25, 0.3) is 5.91 Å². The molecule has 0 aliphatic rings. The second-order valence-corrected chi connectivity index (χ2v) is 4.96. The zero-order valence-corrected chi connectivity index (χ0v) is 10.8. The third-order valence-electron chi connectivity index (χ3n) is 2.52. The molecule has 0 radical (unpaired) electrons. The molecule has 19 heavy (non-hydrogen) atoms. The number of benzene rings is 1. The summed E-state index contributed by atoms with van der Waals surface area (Å²) in [6.07, 6.45) is 0.789. The van der Waals surface area contributed by atoms with E-state index in [2.05, 4.69) is 5.32 Å². The predicted octanol–water partition coefficient (Wildman–Crippen LogP) is 3.98. The minimum absolute atomic E-state index is 0.379. The molecule has 2 aromatic rings. The van der Waals surface area contributed by atoms with E-state index in [1.807, 2.05) is 6.92 Å². The van der Waals surface area contributed by atoms with Crippen molar-refractivity contribution in [1.82, 2.24) is 0 Å². The Bertz CT molecular complexity index is 624. The summed E-state index contributed by atoms with van der Waals surface area (Å²) in [7, 11) is 0. The molecule has 2 rings (SSSR count). The van der Waals surface area contributed by atoms with Gasteiger partial charge in [-0.2, -0.15) is 0 Å². The van der Waals surface area contributed by atoms with Crippen molar-refractivity contribution in [3.05, 3.63) is 51.5 Å². The molecule has 2 nitrogen and oxygen atoms in total. The van der Waals surface area contributed by atoms with Gasteiger partial charge in [0.1, 0.15) is 0 Å². The zero-order valence-electron chi connectivity index (χ0n) is 9.97. The Hall–Kier alpha value is -1.82. The zero-order chi connectivity index (χ0) is 14.0. The maximum atomic E-state index is 13.4. The van der Waals surface area contributed by atoms with Crippen molar-refractivity contribution < 1.29 is 18.0 Å². The van der Waals surface area contributed by atoms with Gasteiger partial charge in [-0.15, -0.1) is 11.3 Å². The Morgan fingerprint density at radius 3 is 2.53 bits per heavy atom. The summed E-state index contributed by atoms with van der Waals surface area (Å²) in [5, 5.41) is 2.22. The number of hydrogen-bond acceptors (Lipinski definition) is 2. The summed E-state index contributed by atoms with van der Waals surface area (Å²) in [5.41, 5.74) is -0.379. The quantitative estimate of drug-likeness (QED) is 0.849. The number of rotatable bonds is 3. The first kappa shape index (κ1) is 13.6. The third-order valence-corrected chi connectivity index (χ3v) is 3.75. The van der Waals surface area contributed by atoms with E-state index in [4.69, 9.17) is 0 Å². The van der Waals surface area contributed by atoms with Crippen LogP contribution in [-0.2, 0) is 6.42 Å². The average molecular weight is 285 g/mol. The first-order valence-electron chi connectivity index (χ1n) is 5.56. The standard InChI is InChI=1S/C13H10F3NOS/c1-2-7-3-6-10(19-7)13(18)17-9-5-4-8(14)11(15)12(9)16/h3-6H,2H2,1H3,(H,17,18). The van der Waals surface area contributed by atoms with E-state index in [1.165, 1.54) is 11.3 Å². The maximum Gasteiger partial charge on any atom is 0.265 e. The summed E-state index contributed by atoms with van der Waals surface area (Å²) in [4.78, 5) is 13.2. The maximum absolute atomic E-state index is 13.4. The second-order valence-electron chi connectivity index (χ2n) is 3.80. The predicted molar refractivity (Wildman–Crippen MR) is 68.0 cm³/mol. The molecule has 0 aliphatic carbocycles. The van der Waals surface area contributed by atoms with Crippen molar-refractivity contribution in [1.29, 1.82) is 0 Å². The highest BCUT2D eigenvalue weighted by atomic mass is 32.1. The molecule has 0 fully saturated rings. The lowest BCUT2D eigenvalue weighted by atomic mass is 10.2. The number of amides is 1. The fraction of sp³-hybridized carbons (Fsp3) is 0.154. The number of carbonyl (C=O) groups excluding carboxylic acids is 1. The molecule has 0 saturated carbocycles. The lowest BCUT2D eigenvalue weighted by Crippen LogP contribution is -2.12. The van der Waals surface area contributed by atoms with E-state index in [1.54, 1.807) is 12.1 Å². The van der Waals surface area contributed by atoms with E-state index in [0.717, 1.165) is 23.4 Å². The van der Waals surface area contributed by atoms with Gasteiger partial charge in [0.05, 0.1) is 10.6 Å². The number of aryl methyl sites for hydroxylation is 1. The van der Waals surface area contributed by atoms with Crippen molar-refractivity contribution in [2.75, 3.05) is 5.32 Å². The Balaban J connectivity index is 2.21. The van der Waals surface area contributed by atoms with Crippen LogP contribution in [0, 0.1) is 17.5 Å². The summed E-state index contributed by atoms with van der Waals surface area (Å²) < 4.78 is 39.1. The first-order valence-corrected chi connectivity index (χ1v) is 6.38. The molecule has 1 aromatic heterocycles. The highest BCUT2D eigenvalue weighted by Gasteiger charge is 2.16. The second kappa shape index (κ2) is 5.44. The molecular formula is C13H10F3NOS. The van der Waals surface area contributed by atoms with Gasteiger partial charge >= 0.3 is 0 Å². The van der Waals surface area contributed by atoms with E-state index in [-0.39, 0.29) is 5.69 Å². The normalized spacial score (nSPS) is 10.5. The number of anilines is 1. The van der Waals surface area contributed by atoms with Gasteiger partial charge in [-0.3, -0.25) is 4.79 Å². The molecule has 0 bridgehead atoms. The largest absolute Gasteiger partial charge is 0.319 e. The van der Waals surface area contributed by atoms with Gasteiger partial charge < -0.3 is 5.32 Å². The first-order chi connectivity index (χ1) is 9.02. The number of carbonyl (C=O) groups is 1. The van der Waals surface area contributed by atoms with Gasteiger partial charge in [-0.1, -0.05) is 6.92 Å². The van der Waals surface area contributed by atoms with Crippen molar-refractivity contribution in [2.45, 2.75) is 13.3 Å². The van der Waals surface area contributed by atoms with Crippen LogP contribution in [0.2, 0.25) is 0 Å². The van der Waals surface area contributed by atoms with Crippen LogP contribution in [0.3, 0.4) is 0 Å². The van der Waals surface area contributed by atoms with Crippen LogP contribution in [0.1, 0.15) is 21.5 Å². The summed E-state index contributed by atoms with van der Waals surface area (Å²) in [6, 6.07) is 5.15. The fourth-order valence-electron chi connectivity index (χ4n) is 1.50. The van der Waals surface area contributed by atoms with Crippen LogP contribution in [0.5, 0.6) is 0 Å². The van der Waals surface area contributed by atoms with Crippen LogP contribution in [0.4, 0.5) is 18.9 Å². The van der Waals surface area contributed by atoms with Crippen LogP contribution >= 0.6 is 11.3 Å². The topological polar surface area (TPSA) is 29.1 Å². The van der Waals surface area contributed by atoms with Gasteiger partial charge in [0.15, 0.2) is 17.5 Å². The highest BCUT2D eigenvalue weighted by molar-refractivity contribution is 7.14. The molecule has 1 aromatic carbocycles. The van der Waals surface area contributed by atoms with Crippen LogP contribution < -0.4 is 5.32 Å². The van der Waals surface area contributed by atoms with E-state index in [0.29, 0.717) is 4.88 Å². The molecule has 0 unspecified atom stereocenters. The minimum Gasteiger partial charge on any atom is -0.319 e. The molecule has 100 valence electrons. The number of halogens is 3. The van der Waals surface area contributed by atoms with E-state index >= 15 is 0 Å². The summed E-state index contributed by atoms with van der Waals surface area (Å²) in [5.74, 6) is -4.84.